The molecule has 2 aromatic heterocycles. The van der Waals surface area contributed by atoms with Crippen LogP contribution in [0.15, 0.2) is 30.7 Å². The van der Waals surface area contributed by atoms with Crippen LogP contribution in [0.3, 0.4) is 0 Å². The smallest absolute Gasteiger partial charge is 0.316 e. The summed E-state index contributed by atoms with van der Waals surface area (Å²) in [6.45, 7) is 0.759. The number of urea groups is 1. The fourth-order valence-corrected chi connectivity index (χ4v) is 3.74. The number of fused-ring (bicyclic) bond motifs is 2. The van der Waals surface area contributed by atoms with Crippen LogP contribution >= 0.6 is 0 Å². The van der Waals surface area contributed by atoms with Gasteiger partial charge in [-0.1, -0.05) is 5.21 Å². The fourth-order valence-electron chi connectivity index (χ4n) is 3.35. The third kappa shape index (κ3) is 3.25. The van der Waals surface area contributed by atoms with E-state index in [9.17, 15) is 13.2 Å². The van der Waals surface area contributed by atoms with Crippen molar-refractivity contribution in [2.75, 3.05) is 6.54 Å². The first kappa shape index (κ1) is 16.9. The number of pyridine rings is 1. The Morgan fingerprint density at radius 2 is 2.19 bits per heavy atom. The van der Waals surface area contributed by atoms with Crippen LogP contribution < -0.4 is 0 Å². The molecule has 0 spiro atoms. The molecule has 2 bridgehead atoms. The van der Waals surface area contributed by atoms with Gasteiger partial charge in [-0.05, 0) is 25.0 Å². The number of piperidine rings is 1. The normalized spacial score (nSPS) is 22.9. The molecule has 4 rings (SSSR count). The van der Waals surface area contributed by atoms with Crippen molar-refractivity contribution in [1.29, 1.82) is 0 Å². The van der Waals surface area contributed by atoms with Gasteiger partial charge in [0.05, 0.1) is 24.8 Å². The Hall–Kier alpha value is -2.57. The summed E-state index contributed by atoms with van der Waals surface area (Å²) in [5.41, 5.74) is 1.52. The van der Waals surface area contributed by atoms with E-state index < -0.39 is 22.5 Å². The summed E-state index contributed by atoms with van der Waals surface area (Å²) in [4.78, 5) is 18.0. The Labute approximate surface area is 149 Å². The molecule has 11 nitrogen and oxygen atoms in total. The Balaban J connectivity index is 1.47. The number of aromatic nitrogens is 4. The zero-order chi connectivity index (χ0) is 18.3. The third-order valence-electron chi connectivity index (χ3n) is 4.52. The molecule has 4 heterocycles. The Kier molecular flexibility index (Phi) is 4.09. The molecule has 0 radical (unpaired) electrons. The van der Waals surface area contributed by atoms with Gasteiger partial charge in [0.25, 0.3) is 0 Å². The summed E-state index contributed by atoms with van der Waals surface area (Å²) in [5.74, 6) is 0. The summed E-state index contributed by atoms with van der Waals surface area (Å²) in [5, 5.41) is 8.94. The van der Waals surface area contributed by atoms with Gasteiger partial charge in [0, 0.05) is 24.5 Å². The van der Waals surface area contributed by atoms with E-state index in [1.165, 1.54) is 4.90 Å². The van der Waals surface area contributed by atoms with Crippen LogP contribution in [-0.2, 0) is 21.2 Å². The van der Waals surface area contributed by atoms with Crippen LogP contribution in [0.25, 0.3) is 11.3 Å². The van der Waals surface area contributed by atoms with Crippen molar-refractivity contribution in [3.63, 3.8) is 0 Å². The minimum atomic E-state index is -4.74. The number of carbonyl (C=O) groups is 1. The molecule has 0 unspecified atom stereocenters. The zero-order valence-corrected chi connectivity index (χ0v) is 14.4. The van der Waals surface area contributed by atoms with Gasteiger partial charge in [-0.2, -0.15) is 13.5 Å². The molecule has 0 aromatic carbocycles. The van der Waals surface area contributed by atoms with E-state index >= 15 is 0 Å². The highest BCUT2D eigenvalue weighted by Crippen LogP contribution is 2.31. The summed E-state index contributed by atoms with van der Waals surface area (Å²) in [6, 6.07) is 2.53. The lowest BCUT2D eigenvalue weighted by atomic mass is 10.0. The SMILES string of the molecule is O=C1N2C[C@@H](CC[C@H]2Cn2cc(-c3cccnc3)nn2)N1OS(=O)(=O)O. The maximum absolute atomic E-state index is 12.4. The van der Waals surface area contributed by atoms with Crippen molar-refractivity contribution >= 4 is 16.4 Å². The van der Waals surface area contributed by atoms with Gasteiger partial charge >= 0.3 is 16.4 Å². The fraction of sp³-hybridized carbons (Fsp3) is 0.429. The Bertz CT molecular complexity index is 917. The van der Waals surface area contributed by atoms with Crippen molar-refractivity contribution in [2.24, 2.45) is 0 Å². The second-order valence-electron chi connectivity index (χ2n) is 6.22. The van der Waals surface area contributed by atoms with E-state index in [4.69, 9.17) is 4.55 Å². The molecule has 2 aliphatic heterocycles. The second-order valence-corrected chi connectivity index (χ2v) is 7.22. The van der Waals surface area contributed by atoms with Gasteiger partial charge < -0.3 is 4.90 Å². The first-order valence-corrected chi connectivity index (χ1v) is 9.34. The van der Waals surface area contributed by atoms with Crippen LogP contribution in [-0.4, -0.2) is 67.6 Å². The topological polar surface area (TPSA) is 131 Å². The van der Waals surface area contributed by atoms with Gasteiger partial charge in [0.15, 0.2) is 0 Å². The van der Waals surface area contributed by atoms with Crippen molar-refractivity contribution < 1.29 is 22.0 Å². The summed E-state index contributed by atoms with van der Waals surface area (Å²) >= 11 is 0. The lowest BCUT2D eigenvalue weighted by Gasteiger charge is -2.29. The quantitative estimate of drug-likeness (QED) is 0.735. The third-order valence-corrected chi connectivity index (χ3v) is 4.86. The van der Waals surface area contributed by atoms with Crippen molar-refractivity contribution in [1.82, 2.24) is 29.9 Å². The molecule has 26 heavy (non-hydrogen) atoms. The van der Waals surface area contributed by atoms with Gasteiger partial charge in [-0.3, -0.25) is 9.54 Å². The number of carbonyl (C=O) groups excluding carboxylic acids is 1. The van der Waals surface area contributed by atoms with Crippen molar-refractivity contribution in [3.8, 4) is 11.3 Å². The molecular weight excluding hydrogens is 364 g/mol. The summed E-state index contributed by atoms with van der Waals surface area (Å²) in [6.07, 6.45) is 6.35. The van der Waals surface area contributed by atoms with E-state index in [0.29, 0.717) is 31.6 Å². The highest BCUT2D eigenvalue weighted by Gasteiger charge is 2.47. The van der Waals surface area contributed by atoms with Crippen LogP contribution in [0.4, 0.5) is 4.79 Å². The first-order chi connectivity index (χ1) is 12.4. The van der Waals surface area contributed by atoms with Gasteiger partial charge in [-0.15, -0.1) is 9.38 Å². The molecule has 2 aliphatic rings. The number of amides is 2. The lowest BCUT2D eigenvalue weighted by Crippen LogP contribution is -2.42. The standard InChI is InChI=1S/C14H16N6O5S/c21-14-19-8-12(20(14)25-26(22,23)24)4-3-11(19)7-18-9-13(16-17-18)10-2-1-5-15-6-10/h1-2,5-6,9,11-12H,3-4,7-8H2,(H,22,23,24)/t11-,12+/m0/s1. The lowest BCUT2D eigenvalue weighted by molar-refractivity contribution is -0.0317. The molecule has 1 N–H and O–H groups in total. The molecule has 2 saturated heterocycles. The molecule has 2 fully saturated rings. The monoisotopic (exact) mass is 380 g/mol. The van der Waals surface area contributed by atoms with E-state index in [1.807, 2.05) is 12.1 Å². The highest BCUT2D eigenvalue weighted by molar-refractivity contribution is 7.80. The summed E-state index contributed by atoms with van der Waals surface area (Å²) in [7, 11) is -4.74. The minimum Gasteiger partial charge on any atom is -0.316 e. The molecule has 138 valence electrons. The molecule has 2 aromatic rings. The van der Waals surface area contributed by atoms with Crippen molar-refractivity contribution in [3.05, 3.63) is 30.7 Å². The van der Waals surface area contributed by atoms with Crippen LogP contribution in [0.5, 0.6) is 0 Å². The number of hydrogen-bond donors (Lipinski definition) is 1. The van der Waals surface area contributed by atoms with Crippen LogP contribution in [0, 0.1) is 0 Å². The predicted molar refractivity (Wildman–Crippen MR) is 86.6 cm³/mol. The van der Waals surface area contributed by atoms with E-state index in [2.05, 4.69) is 19.6 Å². The number of rotatable bonds is 5. The average Bonchev–Trinajstić information content (AvgIpc) is 3.16. The minimum absolute atomic E-state index is 0.169. The Morgan fingerprint density at radius 1 is 1.35 bits per heavy atom. The maximum Gasteiger partial charge on any atom is 0.418 e. The largest absolute Gasteiger partial charge is 0.418 e. The zero-order valence-electron chi connectivity index (χ0n) is 13.5. The molecule has 0 saturated carbocycles. The predicted octanol–water partition coefficient (Wildman–Crippen LogP) is 0.343. The van der Waals surface area contributed by atoms with E-state index in [1.54, 1.807) is 23.3 Å². The number of hydroxylamine groups is 2. The summed E-state index contributed by atoms with van der Waals surface area (Å²) < 4.78 is 36.7. The second kappa shape index (κ2) is 6.30. The molecule has 0 aliphatic carbocycles. The first-order valence-electron chi connectivity index (χ1n) is 7.98. The maximum atomic E-state index is 12.4. The van der Waals surface area contributed by atoms with E-state index in [-0.39, 0.29) is 6.04 Å². The van der Waals surface area contributed by atoms with Crippen LogP contribution in [0.1, 0.15) is 12.8 Å². The highest BCUT2D eigenvalue weighted by atomic mass is 32.3. The molecule has 2 atom stereocenters. The molecule has 12 heteroatoms. The van der Waals surface area contributed by atoms with Gasteiger partial charge in [0.2, 0.25) is 0 Å². The van der Waals surface area contributed by atoms with Crippen LogP contribution in [0.2, 0.25) is 0 Å². The Morgan fingerprint density at radius 3 is 2.92 bits per heavy atom. The van der Waals surface area contributed by atoms with Gasteiger partial charge in [-0.25, -0.2) is 9.48 Å². The molecular formula is C14H16N6O5S. The average molecular weight is 380 g/mol. The van der Waals surface area contributed by atoms with Crippen molar-refractivity contribution in [2.45, 2.75) is 31.5 Å². The van der Waals surface area contributed by atoms with Gasteiger partial charge in [0.1, 0.15) is 5.69 Å². The number of hydrogen-bond acceptors (Lipinski definition) is 7. The number of nitrogens with zero attached hydrogens (tertiary/aromatic N) is 6. The molecule has 2 amide bonds. The van der Waals surface area contributed by atoms with E-state index in [0.717, 1.165) is 10.6 Å².